The van der Waals surface area contributed by atoms with E-state index in [0.717, 1.165) is 6.07 Å². The summed E-state index contributed by atoms with van der Waals surface area (Å²) in [5, 5.41) is 0. The van der Waals surface area contributed by atoms with Crippen LogP contribution in [0.4, 0.5) is 13.2 Å². The molecule has 0 saturated heterocycles. The maximum atomic E-state index is 13.9. The van der Waals surface area contributed by atoms with Gasteiger partial charge in [-0.1, -0.05) is 12.1 Å². The average molecular weight is 330 g/mol. The van der Waals surface area contributed by atoms with E-state index < -0.39 is 17.7 Å². The maximum Gasteiger partial charge on any atom is 0.145 e. The molecule has 2 rings (SSSR count). The Labute approximate surface area is 117 Å². The predicted octanol–water partition coefficient (Wildman–Crippen LogP) is 4.11. The number of benzene rings is 2. The van der Waals surface area contributed by atoms with E-state index in [1.165, 1.54) is 18.2 Å². The van der Waals surface area contributed by atoms with Crippen molar-refractivity contribution in [3.8, 4) is 0 Å². The predicted molar refractivity (Wildman–Crippen MR) is 71.1 cm³/mol. The number of hydrogen-bond acceptors (Lipinski definition) is 1. The third kappa shape index (κ3) is 3.16. The van der Waals surface area contributed by atoms with Gasteiger partial charge in [-0.25, -0.2) is 13.2 Å². The molecule has 0 radical (unpaired) electrons. The highest BCUT2D eigenvalue weighted by Gasteiger charge is 2.19. The van der Waals surface area contributed by atoms with E-state index in [4.69, 9.17) is 5.73 Å². The number of rotatable bonds is 3. The highest BCUT2D eigenvalue weighted by atomic mass is 79.9. The highest BCUT2D eigenvalue weighted by molar-refractivity contribution is 9.10. The van der Waals surface area contributed by atoms with Gasteiger partial charge in [-0.2, -0.15) is 0 Å². The molecule has 0 aromatic heterocycles. The molecule has 1 atom stereocenters. The molecule has 0 spiro atoms. The summed E-state index contributed by atoms with van der Waals surface area (Å²) in [6.45, 7) is 0. The van der Waals surface area contributed by atoms with Gasteiger partial charge in [0.15, 0.2) is 0 Å². The summed E-state index contributed by atoms with van der Waals surface area (Å²) >= 11 is 3.00. The smallest absolute Gasteiger partial charge is 0.145 e. The second kappa shape index (κ2) is 5.75. The molecule has 0 aliphatic carbocycles. The third-order valence-corrected chi connectivity index (χ3v) is 3.43. The van der Waals surface area contributed by atoms with E-state index in [1.807, 2.05) is 0 Å². The van der Waals surface area contributed by atoms with E-state index in [9.17, 15) is 13.2 Å². The van der Waals surface area contributed by atoms with Gasteiger partial charge in [0.05, 0.1) is 4.47 Å². The zero-order valence-electron chi connectivity index (χ0n) is 9.84. The Morgan fingerprint density at radius 2 is 1.63 bits per heavy atom. The molecule has 1 unspecified atom stereocenters. The highest BCUT2D eigenvalue weighted by Crippen LogP contribution is 2.27. The third-order valence-electron chi connectivity index (χ3n) is 2.82. The van der Waals surface area contributed by atoms with E-state index in [0.29, 0.717) is 5.56 Å². The lowest BCUT2D eigenvalue weighted by molar-refractivity contribution is 0.521. The summed E-state index contributed by atoms with van der Waals surface area (Å²) in [5.41, 5.74) is 6.39. The Bertz CT molecular complexity index is 584. The van der Waals surface area contributed by atoms with Crippen molar-refractivity contribution in [2.75, 3.05) is 0 Å². The molecule has 0 aliphatic heterocycles. The van der Waals surface area contributed by atoms with Crippen LogP contribution in [0, 0.1) is 17.5 Å². The number of nitrogens with two attached hydrogens (primary N) is 1. The Hall–Kier alpha value is -1.33. The van der Waals surface area contributed by atoms with Crippen molar-refractivity contribution in [2.24, 2.45) is 5.73 Å². The van der Waals surface area contributed by atoms with Gasteiger partial charge < -0.3 is 5.73 Å². The number of hydrogen-bond donors (Lipinski definition) is 1. The minimum Gasteiger partial charge on any atom is -0.323 e. The molecule has 100 valence electrons. The second-order valence-electron chi connectivity index (χ2n) is 4.19. The van der Waals surface area contributed by atoms with Crippen molar-refractivity contribution >= 4 is 15.9 Å². The van der Waals surface area contributed by atoms with Crippen LogP contribution >= 0.6 is 15.9 Å². The standard InChI is InChI=1S/C14H11BrF3N/c15-10-5-6-11(17)13(14(10)18)12(19)7-8-1-3-9(16)4-2-8/h1-6,12H,7,19H2. The molecule has 0 bridgehead atoms. The lowest BCUT2D eigenvalue weighted by Crippen LogP contribution is -2.17. The summed E-state index contributed by atoms with van der Waals surface area (Å²) in [7, 11) is 0. The van der Waals surface area contributed by atoms with Gasteiger partial charge in [0.25, 0.3) is 0 Å². The Morgan fingerprint density at radius 3 is 2.26 bits per heavy atom. The van der Waals surface area contributed by atoms with Crippen molar-refractivity contribution in [1.82, 2.24) is 0 Å². The maximum absolute atomic E-state index is 13.9. The van der Waals surface area contributed by atoms with Crippen LogP contribution < -0.4 is 5.73 Å². The zero-order valence-corrected chi connectivity index (χ0v) is 11.4. The van der Waals surface area contributed by atoms with Gasteiger partial charge in [-0.15, -0.1) is 0 Å². The average Bonchev–Trinajstić information content (AvgIpc) is 2.37. The first-order valence-electron chi connectivity index (χ1n) is 5.62. The van der Waals surface area contributed by atoms with Gasteiger partial charge in [0.2, 0.25) is 0 Å². The van der Waals surface area contributed by atoms with Gasteiger partial charge in [0, 0.05) is 11.6 Å². The molecule has 0 heterocycles. The van der Waals surface area contributed by atoms with Crippen LogP contribution in [0.1, 0.15) is 17.2 Å². The lowest BCUT2D eigenvalue weighted by Gasteiger charge is -2.15. The first-order valence-corrected chi connectivity index (χ1v) is 6.41. The van der Waals surface area contributed by atoms with Crippen LogP contribution in [0.15, 0.2) is 40.9 Å². The fraction of sp³-hybridized carbons (Fsp3) is 0.143. The van der Waals surface area contributed by atoms with Crippen LogP contribution in [0.3, 0.4) is 0 Å². The largest absolute Gasteiger partial charge is 0.323 e. The Morgan fingerprint density at radius 1 is 1.00 bits per heavy atom. The van der Waals surface area contributed by atoms with Crippen LogP contribution in [0.2, 0.25) is 0 Å². The molecule has 0 saturated carbocycles. The quantitative estimate of drug-likeness (QED) is 0.842. The van der Waals surface area contributed by atoms with E-state index in [2.05, 4.69) is 15.9 Å². The van der Waals surface area contributed by atoms with E-state index >= 15 is 0 Å². The summed E-state index contributed by atoms with van der Waals surface area (Å²) in [4.78, 5) is 0. The fourth-order valence-corrected chi connectivity index (χ4v) is 2.20. The van der Waals surface area contributed by atoms with Gasteiger partial charge in [0.1, 0.15) is 17.5 Å². The van der Waals surface area contributed by atoms with Crippen molar-refractivity contribution in [3.63, 3.8) is 0 Å². The van der Waals surface area contributed by atoms with Crippen molar-refractivity contribution in [3.05, 3.63) is 69.4 Å². The summed E-state index contributed by atoms with van der Waals surface area (Å²) in [6, 6.07) is 7.28. The van der Waals surface area contributed by atoms with Gasteiger partial charge in [-0.05, 0) is 52.2 Å². The lowest BCUT2D eigenvalue weighted by atomic mass is 9.99. The molecule has 2 aromatic rings. The topological polar surface area (TPSA) is 26.0 Å². The van der Waals surface area contributed by atoms with E-state index in [1.54, 1.807) is 12.1 Å². The molecule has 0 amide bonds. The summed E-state index contributed by atoms with van der Waals surface area (Å²) in [5.74, 6) is -1.75. The summed E-state index contributed by atoms with van der Waals surface area (Å²) < 4.78 is 40.4. The minimum atomic E-state index is -0.831. The fourth-order valence-electron chi connectivity index (χ4n) is 1.86. The molecule has 0 aliphatic rings. The zero-order chi connectivity index (χ0) is 14.0. The van der Waals surface area contributed by atoms with Crippen LogP contribution in [-0.2, 0) is 6.42 Å². The Kier molecular flexibility index (Phi) is 4.27. The van der Waals surface area contributed by atoms with Crippen LogP contribution in [0.25, 0.3) is 0 Å². The van der Waals surface area contributed by atoms with E-state index in [-0.39, 0.29) is 22.3 Å². The van der Waals surface area contributed by atoms with Crippen LogP contribution in [0.5, 0.6) is 0 Å². The number of halogens is 4. The Balaban J connectivity index is 2.27. The van der Waals surface area contributed by atoms with Crippen molar-refractivity contribution in [1.29, 1.82) is 0 Å². The minimum absolute atomic E-state index is 0.165. The normalized spacial score (nSPS) is 12.5. The van der Waals surface area contributed by atoms with Crippen LogP contribution in [-0.4, -0.2) is 0 Å². The van der Waals surface area contributed by atoms with Crippen molar-refractivity contribution < 1.29 is 13.2 Å². The SMILES string of the molecule is NC(Cc1ccc(F)cc1)c1c(F)ccc(Br)c1F. The molecule has 2 aromatic carbocycles. The van der Waals surface area contributed by atoms with Crippen molar-refractivity contribution in [2.45, 2.75) is 12.5 Å². The second-order valence-corrected chi connectivity index (χ2v) is 5.05. The molecule has 2 N–H and O–H groups in total. The molecule has 0 fully saturated rings. The van der Waals surface area contributed by atoms with Gasteiger partial charge in [-0.3, -0.25) is 0 Å². The monoisotopic (exact) mass is 329 g/mol. The molecule has 19 heavy (non-hydrogen) atoms. The summed E-state index contributed by atoms with van der Waals surface area (Å²) in [6.07, 6.45) is 0.227. The first kappa shape index (κ1) is 14.1. The first-order chi connectivity index (χ1) is 8.99. The molecular formula is C14H11BrF3N. The molecule has 5 heteroatoms. The molecule has 1 nitrogen and oxygen atoms in total. The van der Waals surface area contributed by atoms with Gasteiger partial charge >= 0.3 is 0 Å². The molecular weight excluding hydrogens is 319 g/mol.